The summed E-state index contributed by atoms with van der Waals surface area (Å²) in [5.41, 5.74) is 0. The van der Waals surface area contributed by atoms with Crippen LogP contribution in [-0.4, -0.2) is 251 Å². The number of rotatable bonds is 11. The molecule has 0 bridgehead atoms. The summed E-state index contributed by atoms with van der Waals surface area (Å²) in [7, 11) is 3.72. The zero-order chi connectivity index (χ0) is 44.8. The van der Waals surface area contributed by atoms with Crippen molar-refractivity contribution in [1.82, 2.24) is 0 Å². The van der Waals surface area contributed by atoms with E-state index in [-0.39, 0.29) is 6.42 Å². The Morgan fingerprint density at radius 3 is 1.67 bits per heavy atom. The summed E-state index contributed by atoms with van der Waals surface area (Å²) in [6.07, 6.45) is -24.0. The van der Waals surface area contributed by atoms with Crippen LogP contribution in [0.2, 0.25) is 0 Å². The maximum absolute atomic E-state index is 11.2. The molecule has 0 spiro atoms. The summed E-state index contributed by atoms with van der Waals surface area (Å²) in [5, 5.41) is 157. The van der Waals surface area contributed by atoms with E-state index in [0.717, 1.165) is 13.4 Å². The minimum atomic E-state index is -2.08. The first-order chi connectivity index (χ1) is 27.1. The number of nitriles is 1. The van der Waals surface area contributed by atoms with Gasteiger partial charge in [0.15, 0.2) is 18.9 Å². The van der Waals surface area contributed by atoms with Crippen LogP contribution in [0.3, 0.4) is 0 Å². The zero-order valence-corrected chi connectivity index (χ0v) is 32.2. The van der Waals surface area contributed by atoms with Gasteiger partial charge in [0.05, 0.1) is 38.1 Å². The van der Waals surface area contributed by atoms with Gasteiger partial charge in [-0.3, -0.25) is 0 Å². The number of methoxy groups -OCH3 is 3. The van der Waals surface area contributed by atoms with Crippen molar-refractivity contribution in [3.63, 3.8) is 0 Å². The first-order valence-electron chi connectivity index (χ1n) is 17.6. The molecule has 0 aliphatic carbocycles. The Balaban J connectivity index is 0.000000441. The molecule has 4 aliphatic heterocycles. The molecule has 4 rings (SSSR count). The summed E-state index contributed by atoms with van der Waals surface area (Å²) in [5.74, 6) is -4.14. The molecule has 4 heterocycles. The van der Waals surface area contributed by atoms with Crippen LogP contribution in [0.4, 0.5) is 0 Å². The Hall–Kier alpha value is -2.12. The average Bonchev–Trinajstić information content (AvgIpc) is 3.21. The monoisotopic (exact) mass is 857 g/mol. The van der Waals surface area contributed by atoms with Crippen molar-refractivity contribution in [2.75, 3.05) is 41.2 Å². The van der Waals surface area contributed by atoms with Crippen LogP contribution in [0.5, 0.6) is 0 Å². The van der Waals surface area contributed by atoms with Gasteiger partial charge in [-0.2, -0.15) is 5.26 Å². The highest BCUT2D eigenvalue weighted by atomic mass is 16.7. The number of nitrogens with zero attached hydrogens (tertiary/aromatic N) is 1. The van der Waals surface area contributed by atoms with E-state index in [1.165, 1.54) is 14.2 Å². The largest absolute Gasteiger partial charge is 0.477 e. The molecule has 21 atom stereocenters. The van der Waals surface area contributed by atoms with E-state index < -0.39 is 154 Å². The number of ether oxygens (including phenoxy) is 8. The summed E-state index contributed by atoms with van der Waals surface area (Å²) >= 11 is 0. The highest BCUT2D eigenvalue weighted by Gasteiger charge is 2.54. The Morgan fingerprint density at radius 1 is 0.741 bits per heavy atom. The summed E-state index contributed by atoms with van der Waals surface area (Å²) < 4.78 is 40.5. The third-order valence-corrected chi connectivity index (χ3v) is 9.74. The second-order valence-corrected chi connectivity index (χ2v) is 13.5. The number of aliphatic carboxylic acids is 1. The Kier molecular flexibility index (Phi) is 23.2. The number of carboxylic acid groups (broad SMARTS) is 1. The van der Waals surface area contributed by atoms with Gasteiger partial charge < -0.3 is 120 Å². The Labute approximate surface area is 331 Å². The number of carboxylic acids is 1. The fourth-order valence-corrected chi connectivity index (χ4v) is 6.08. The topological polar surface area (TPSA) is 438 Å². The molecule has 4 fully saturated rings. The van der Waals surface area contributed by atoms with E-state index in [1.807, 2.05) is 0 Å². The van der Waals surface area contributed by atoms with Crippen LogP contribution in [-0.2, 0) is 42.7 Å². The third-order valence-electron chi connectivity index (χ3n) is 9.74. The molecule has 4 aliphatic rings. The summed E-state index contributed by atoms with van der Waals surface area (Å²) in [4.78, 5) is 11.2. The minimum absolute atomic E-state index is 0.293. The lowest BCUT2D eigenvalue weighted by Gasteiger charge is -2.45. The van der Waals surface area contributed by atoms with E-state index in [4.69, 9.17) is 63.6 Å². The number of aliphatic hydroxyl groups excluding tert-OH is 15. The fraction of sp³-hybridized carbons (Fsp3) is 0.938. The standard InChI is InChI=1S/C13H24O11.C11H20O8.C7H14O5.CHNO/c1-21-12-10(20)8(18)11(5(3-15)23-12)24-13-9(19)7(17)6(16)4(2-14)22-13;1-5-6(13)3-11(18-2,10(16)17)19-9(5)8(15)7(14)4-12;1-3-4(8)5(9)6(10)7(11-2)12-3;2-1-3/h4-20H,2-3H2,1H3;5-9,12-15H,3-4H2,1-2H3,(H,16,17);3-10H,1-2H3;3H/t4?,5?,6-,7-,8+,9?,10?,11+,12?,13-;5-,6-,7-,8-,9?,11-;3?,4-,5+,6?,7?;/m011./s1. The van der Waals surface area contributed by atoms with Gasteiger partial charge in [0.1, 0.15) is 79.4 Å². The molecule has 0 aromatic heterocycles. The van der Waals surface area contributed by atoms with Gasteiger partial charge in [0.2, 0.25) is 0 Å². The molecule has 58 heavy (non-hydrogen) atoms. The number of hydrogen-bond acceptors (Lipinski definition) is 25. The molecule has 0 amide bonds. The molecule has 26 heteroatoms. The molecule has 9 unspecified atom stereocenters. The first kappa shape index (κ1) is 53.9. The second-order valence-electron chi connectivity index (χ2n) is 13.5. The molecule has 0 saturated carbocycles. The molecule has 4 saturated heterocycles. The maximum atomic E-state index is 11.2. The van der Waals surface area contributed by atoms with Gasteiger partial charge in [0, 0.05) is 33.7 Å². The lowest BCUT2D eigenvalue weighted by molar-refractivity contribution is -0.357. The van der Waals surface area contributed by atoms with Crippen molar-refractivity contribution in [3.8, 4) is 6.26 Å². The summed E-state index contributed by atoms with van der Waals surface area (Å²) in [6, 6.07) is 0. The van der Waals surface area contributed by atoms with Gasteiger partial charge in [0.25, 0.3) is 12.0 Å². The number of aliphatic hydroxyl groups is 15. The average molecular weight is 858 g/mol. The van der Waals surface area contributed by atoms with Crippen LogP contribution >= 0.6 is 0 Å². The number of carbonyl (C=O) groups is 1. The molecule has 0 radical (unpaired) electrons. The zero-order valence-electron chi connectivity index (χ0n) is 32.2. The van der Waals surface area contributed by atoms with E-state index in [1.54, 1.807) is 13.8 Å². The predicted octanol–water partition coefficient (Wildman–Crippen LogP) is -8.53. The fourth-order valence-electron chi connectivity index (χ4n) is 6.08. The van der Waals surface area contributed by atoms with E-state index >= 15 is 0 Å². The number of hydrogen-bond donors (Lipinski definition) is 16. The molecular formula is C32H59NO25. The minimum Gasteiger partial charge on any atom is -0.477 e. The van der Waals surface area contributed by atoms with E-state index in [9.17, 15) is 66.1 Å². The van der Waals surface area contributed by atoms with Gasteiger partial charge in [-0.15, -0.1) is 0 Å². The molecule has 26 nitrogen and oxygen atoms in total. The third kappa shape index (κ3) is 13.2. The van der Waals surface area contributed by atoms with Crippen LogP contribution in [0, 0.1) is 17.4 Å². The van der Waals surface area contributed by atoms with Crippen LogP contribution in [0.15, 0.2) is 0 Å². The smallest absolute Gasteiger partial charge is 0.364 e. The molecule has 0 aromatic rings. The van der Waals surface area contributed by atoms with Gasteiger partial charge >= 0.3 is 5.97 Å². The molecule has 16 N–H and O–H groups in total. The van der Waals surface area contributed by atoms with Crippen molar-refractivity contribution in [1.29, 1.82) is 5.26 Å². The van der Waals surface area contributed by atoms with Crippen molar-refractivity contribution < 1.29 is 124 Å². The van der Waals surface area contributed by atoms with Crippen molar-refractivity contribution in [2.45, 2.75) is 143 Å². The second kappa shape index (κ2) is 25.0. The summed E-state index contributed by atoms with van der Waals surface area (Å²) in [6.45, 7) is 1.20. The van der Waals surface area contributed by atoms with Gasteiger partial charge in [-0.05, 0) is 6.92 Å². The molecule has 342 valence electrons. The van der Waals surface area contributed by atoms with Crippen LogP contribution in [0.1, 0.15) is 20.3 Å². The van der Waals surface area contributed by atoms with E-state index in [0.29, 0.717) is 0 Å². The maximum Gasteiger partial charge on any atom is 0.364 e. The van der Waals surface area contributed by atoms with Crippen molar-refractivity contribution in [3.05, 3.63) is 0 Å². The van der Waals surface area contributed by atoms with Gasteiger partial charge in [-0.1, -0.05) is 6.92 Å². The highest BCUT2D eigenvalue weighted by Crippen LogP contribution is 2.36. The van der Waals surface area contributed by atoms with Crippen LogP contribution in [0.25, 0.3) is 0 Å². The molecular weight excluding hydrogens is 798 g/mol. The van der Waals surface area contributed by atoms with Gasteiger partial charge in [-0.25, -0.2) is 4.79 Å². The normalized spacial score (nSPS) is 43.7. The molecule has 0 aromatic carbocycles. The predicted molar refractivity (Wildman–Crippen MR) is 181 cm³/mol. The van der Waals surface area contributed by atoms with E-state index in [2.05, 4.69) is 0 Å². The lowest BCUT2D eigenvalue weighted by atomic mass is 9.84. The Morgan fingerprint density at radius 2 is 1.21 bits per heavy atom. The first-order valence-corrected chi connectivity index (χ1v) is 17.6. The lowest BCUT2D eigenvalue weighted by Crippen LogP contribution is -2.64. The Bertz CT molecular complexity index is 1210. The van der Waals surface area contributed by atoms with Crippen molar-refractivity contribution >= 4 is 5.97 Å². The quantitative estimate of drug-likeness (QED) is 0.0858. The van der Waals surface area contributed by atoms with Crippen molar-refractivity contribution in [2.24, 2.45) is 5.92 Å². The SMILES string of the molecule is COC1OC(C)[C@@H](O)[C@H](O)C1O.COC1OC(CO)[C@@H](O[C@@H]2OC(CO)[C@H](O)[C@H](O)C2O)[C@H](O)C1O.CO[C@]1(C(=O)O)C[C@@H](O)[C@@H](C)C([C@H](O)[C@H](O)CO)O1.N#CO. The highest BCUT2D eigenvalue weighted by molar-refractivity contribution is 5.76. The van der Waals surface area contributed by atoms with Crippen LogP contribution < -0.4 is 0 Å².